The van der Waals surface area contributed by atoms with Crippen LogP contribution in [0.1, 0.15) is 30.4 Å². The van der Waals surface area contributed by atoms with Crippen molar-refractivity contribution in [2.24, 2.45) is 11.7 Å². The van der Waals surface area contributed by atoms with Gasteiger partial charge >= 0.3 is 0 Å². The third kappa shape index (κ3) is 4.11. The molecule has 1 aliphatic rings. The Hall–Kier alpha value is -0.860. The van der Waals surface area contributed by atoms with Gasteiger partial charge in [-0.05, 0) is 63.7 Å². The van der Waals surface area contributed by atoms with Crippen molar-refractivity contribution in [1.82, 2.24) is 4.90 Å². The average molecular weight is 246 g/mol. The quantitative estimate of drug-likeness (QED) is 0.865. The van der Waals surface area contributed by atoms with Crippen LogP contribution in [0, 0.1) is 12.8 Å². The van der Waals surface area contributed by atoms with Gasteiger partial charge < -0.3 is 10.6 Å². The molecule has 100 valence electrons. The minimum Gasteiger partial charge on any atom is -0.330 e. The molecule has 2 nitrogen and oxygen atoms in total. The smallest absolute Gasteiger partial charge is 0.00217 e. The zero-order valence-corrected chi connectivity index (χ0v) is 11.6. The molecule has 0 bridgehead atoms. The van der Waals surface area contributed by atoms with E-state index < -0.39 is 0 Å². The third-order valence-corrected chi connectivity index (χ3v) is 3.96. The highest BCUT2D eigenvalue weighted by Crippen LogP contribution is 2.16. The second-order valence-electron chi connectivity index (χ2n) is 5.64. The molecule has 0 saturated carbocycles. The number of nitrogens with two attached hydrogens (primary N) is 1. The lowest BCUT2D eigenvalue weighted by Crippen LogP contribution is -2.38. The zero-order valence-electron chi connectivity index (χ0n) is 11.6. The standard InChI is InChI=1S/C16H26N2/c1-14-5-2-6-15(11-14)7-3-9-18-10-4-8-16(12-17)13-18/h2,5-6,11,16H,3-4,7-10,12-13,17H2,1H3. The highest BCUT2D eigenvalue weighted by Gasteiger charge is 2.17. The molecule has 1 fully saturated rings. The Balaban J connectivity index is 1.72. The van der Waals surface area contributed by atoms with Crippen molar-refractivity contribution < 1.29 is 0 Å². The first-order chi connectivity index (χ1) is 8.78. The van der Waals surface area contributed by atoms with Crippen LogP contribution in [0.2, 0.25) is 0 Å². The number of benzene rings is 1. The summed E-state index contributed by atoms with van der Waals surface area (Å²) < 4.78 is 0. The molecule has 1 saturated heterocycles. The van der Waals surface area contributed by atoms with E-state index in [2.05, 4.69) is 36.1 Å². The lowest BCUT2D eigenvalue weighted by molar-refractivity contribution is 0.176. The summed E-state index contributed by atoms with van der Waals surface area (Å²) in [6.07, 6.45) is 5.11. The van der Waals surface area contributed by atoms with E-state index in [0.29, 0.717) is 0 Å². The van der Waals surface area contributed by atoms with Crippen molar-refractivity contribution in [3.8, 4) is 0 Å². The largest absolute Gasteiger partial charge is 0.330 e. The summed E-state index contributed by atoms with van der Waals surface area (Å²) in [7, 11) is 0. The van der Waals surface area contributed by atoms with E-state index >= 15 is 0 Å². The second-order valence-corrected chi connectivity index (χ2v) is 5.64. The van der Waals surface area contributed by atoms with Crippen LogP contribution in [0.5, 0.6) is 0 Å². The van der Waals surface area contributed by atoms with E-state index in [1.54, 1.807) is 0 Å². The maximum atomic E-state index is 5.78. The van der Waals surface area contributed by atoms with Crippen LogP contribution in [0.15, 0.2) is 24.3 Å². The fourth-order valence-electron chi connectivity index (χ4n) is 2.92. The summed E-state index contributed by atoms with van der Waals surface area (Å²) in [5.74, 6) is 0.734. The molecule has 1 aromatic rings. The molecule has 2 heteroatoms. The minimum atomic E-state index is 0.734. The van der Waals surface area contributed by atoms with Crippen LogP contribution in [0.3, 0.4) is 0 Å². The lowest BCUT2D eigenvalue weighted by Gasteiger charge is -2.32. The Morgan fingerprint density at radius 3 is 3.06 bits per heavy atom. The highest BCUT2D eigenvalue weighted by atomic mass is 15.1. The van der Waals surface area contributed by atoms with Crippen LogP contribution >= 0.6 is 0 Å². The van der Waals surface area contributed by atoms with Gasteiger partial charge in [0.15, 0.2) is 0 Å². The van der Waals surface area contributed by atoms with Crippen LogP contribution in [-0.4, -0.2) is 31.1 Å². The van der Waals surface area contributed by atoms with Crippen molar-refractivity contribution in [3.05, 3.63) is 35.4 Å². The summed E-state index contributed by atoms with van der Waals surface area (Å²) in [5.41, 5.74) is 8.62. The van der Waals surface area contributed by atoms with E-state index in [1.807, 2.05) is 0 Å². The predicted octanol–water partition coefficient (Wildman–Crippen LogP) is 2.60. The summed E-state index contributed by atoms with van der Waals surface area (Å²) in [4.78, 5) is 2.59. The van der Waals surface area contributed by atoms with Gasteiger partial charge in [-0.1, -0.05) is 29.8 Å². The average Bonchev–Trinajstić information content (AvgIpc) is 2.39. The Bertz CT molecular complexity index is 362. The molecular formula is C16H26N2. The van der Waals surface area contributed by atoms with Gasteiger partial charge in [0, 0.05) is 6.54 Å². The Labute approximate surface area is 111 Å². The monoisotopic (exact) mass is 246 g/mol. The molecule has 0 aromatic heterocycles. The minimum absolute atomic E-state index is 0.734. The number of aryl methyl sites for hydroxylation is 2. The SMILES string of the molecule is Cc1cccc(CCCN2CCCC(CN)C2)c1. The summed E-state index contributed by atoms with van der Waals surface area (Å²) in [5, 5.41) is 0. The van der Waals surface area contributed by atoms with Crippen molar-refractivity contribution >= 4 is 0 Å². The maximum absolute atomic E-state index is 5.78. The van der Waals surface area contributed by atoms with Crippen molar-refractivity contribution in [2.75, 3.05) is 26.2 Å². The van der Waals surface area contributed by atoms with E-state index in [1.165, 1.54) is 56.4 Å². The van der Waals surface area contributed by atoms with Crippen molar-refractivity contribution in [1.29, 1.82) is 0 Å². The Kier molecular flexibility index (Phi) is 5.21. The fourth-order valence-corrected chi connectivity index (χ4v) is 2.92. The van der Waals surface area contributed by atoms with Gasteiger partial charge in [0.1, 0.15) is 0 Å². The number of likely N-dealkylation sites (tertiary alicyclic amines) is 1. The molecular weight excluding hydrogens is 220 g/mol. The van der Waals surface area contributed by atoms with Gasteiger partial charge in [0.2, 0.25) is 0 Å². The first kappa shape index (κ1) is 13.6. The number of hydrogen-bond acceptors (Lipinski definition) is 2. The van der Waals surface area contributed by atoms with Gasteiger partial charge in [-0.2, -0.15) is 0 Å². The summed E-state index contributed by atoms with van der Waals surface area (Å²) in [6, 6.07) is 8.88. The maximum Gasteiger partial charge on any atom is 0.00217 e. The van der Waals surface area contributed by atoms with Gasteiger partial charge in [-0.3, -0.25) is 0 Å². The zero-order chi connectivity index (χ0) is 12.8. The van der Waals surface area contributed by atoms with Crippen LogP contribution in [0.25, 0.3) is 0 Å². The normalized spacial score (nSPS) is 21.1. The van der Waals surface area contributed by atoms with Crippen LogP contribution in [-0.2, 0) is 6.42 Å². The number of nitrogens with zero attached hydrogens (tertiary/aromatic N) is 1. The van der Waals surface area contributed by atoms with Crippen molar-refractivity contribution in [3.63, 3.8) is 0 Å². The topological polar surface area (TPSA) is 29.3 Å². The molecule has 2 N–H and O–H groups in total. The van der Waals surface area contributed by atoms with E-state index in [4.69, 9.17) is 5.73 Å². The molecule has 0 radical (unpaired) electrons. The van der Waals surface area contributed by atoms with Crippen molar-refractivity contribution in [2.45, 2.75) is 32.6 Å². The molecule has 2 rings (SSSR count). The van der Waals surface area contributed by atoms with Gasteiger partial charge in [-0.15, -0.1) is 0 Å². The van der Waals surface area contributed by atoms with Gasteiger partial charge in [-0.25, -0.2) is 0 Å². The number of hydrogen-bond donors (Lipinski definition) is 1. The summed E-state index contributed by atoms with van der Waals surface area (Å²) in [6.45, 7) is 6.73. The third-order valence-electron chi connectivity index (χ3n) is 3.96. The molecule has 1 heterocycles. The molecule has 18 heavy (non-hydrogen) atoms. The first-order valence-corrected chi connectivity index (χ1v) is 7.26. The van der Waals surface area contributed by atoms with Gasteiger partial charge in [0.25, 0.3) is 0 Å². The predicted molar refractivity (Wildman–Crippen MR) is 77.7 cm³/mol. The summed E-state index contributed by atoms with van der Waals surface area (Å²) >= 11 is 0. The lowest BCUT2D eigenvalue weighted by atomic mass is 9.98. The van der Waals surface area contributed by atoms with E-state index in [9.17, 15) is 0 Å². The molecule has 0 amide bonds. The molecule has 1 unspecified atom stereocenters. The first-order valence-electron chi connectivity index (χ1n) is 7.26. The molecule has 1 aliphatic heterocycles. The molecule has 1 atom stereocenters. The Morgan fingerprint density at radius 1 is 1.39 bits per heavy atom. The van der Waals surface area contributed by atoms with Crippen LogP contribution < -0.4 is 5.73 Å². The van der Waals surface area contributed by atoms with E-state index in [-0.39, 0.29) is 0 Å². The van der Waals surface area contributed by atoms with E-state index in [0.717, 1.165) is 12.5 Å². The highest BCUT2D eigenvalue weighted by molar-refractivity contribution is 5.22. The van der Waals surface area contributed by atoms with Crippen LogP contribution in [0.4, 0.5) is 0 Å². The molecule has 1 aromatic carbocycles. The second kappa shape index (κ2) is 6.91. The fraction of sp³-hybridized carbons (Fsp3) is 0.625. The molecule has 0 spiro atoms. The Morgan fingerprint density at radius 2 is 2.28 bits per heavy atom. The van der Waals surface area contributed by atoms with Gasteiger partial charge in [0.05, 0.1) is 0 Å². The molecule has 0 aliphatic carbocycles. The number of rotatable bonds is 5. The number of piperidine rings is 1.